The highest BCUT2D eigenvalue weighted by atomic mass is 32.2. The number of hydrogen-bond acceptors (Lipinski definition) is 7. The van der Waals surface area contributed by atoms with Gasteiger partial charge in [0.05, 0.1) is 21.6 Å². The Morgan fingerprint density at radius 1 is 1.38 bits per heavy atom. The second kappa shape index (κ2) is 6.06. The molecule has 0 bridgehead atoms. The van der Waals surface area contributed by atoms with Gasteiger partial charge in [-0.25, -0.2) is 29.0 Å². The second-order valence-corrected chi connectivity index (χ2v) is 7.50. The van der Waals surface area contributed by atoms with E-state index < -0.39 is 10.0 Å². The molecule has 9 heteroatoms. The van der Waals surface area contributed by atoms with Gasteiger partial charge in [-0.15, -0.1) is 11.3 Å². The molecular formula is C12H17N5O2S2. The van der Waals surface area contributed by atoms with Gasteiger partial charge >= 0.3 is 0 Å². The highest BCUT2D eigenvalue weighted by Gasteiger charge is 2.21. The van der Waals surface area contributed by atoms with Gasteiger partial charge < -0.3 is 5.43 Å². The van der Waals surface area contributed by atoms with Crippen LogP contribution in [0, 0.1) is 13.8 Å². The summed E-state index contributed by atoms with van der Waals surface area (Å²) in [6.07, 6.45) is 1.39. The zero-order valence-corrected chi connectivity index (χ0v) is 13.5. The van der Waals surface area contributed by atoms with Crippen molar-refractivity contribution < 1.29 is 8.42 Å². The average molecular weight is 327 g/mol. The number of rotatable bonds is 5. The Morgan fingerprint density at radius 3 is 2.67 bits per heavy atom. The number of anilines is 1. The van der Waals surface area contributed by atoms with Crippen LogP contribution in [0.25, 0.3) is 0 Å². The molecule has 2 rings (SSSR count). The standard InChI is InChI=1S/C12H17N5O2S2/c1-7-12(20-9(3)15-7)8(2)17-21(18,19)10-4-5-14-11(6-10)16-13/h4-6,8,17H,13H2,1-3H3,(H,14,16). The number of nitrogens with two attached hydrogens (primary N) is 1. The maximum atomic E-state index is 12.4. The van der Waals surface area contributed by atoms with E-state index in [1.165, 1.54) is 29.7 Å². The number of sulfonamides is 1. The first-order valence-electron chi connectivity index (χ1n) is 6.22. The normalized spacial score (nSPS) is 13.1. The average Bonchev–Trinajstić information content (AvgIpc) is 2.77. The lowest BCUT2D eigenvalue weighted by Crippen LogP contribution is -2.27. The third-order valence-electron chi connectivity index (χ3n) is 2.85. The minimum absolute atomic E-state index is 0.108. The maximum absolute atomic E-state index is 12.4. The molecule has 0 amide bonds. The molecule has 2 aromatic heterocycles. The third-order valence-corrected chi connectivity index (χ3v) is 5.65. The molecule has 114 valence electrons. The van der Waals surface area contributed by atoms with Crippen LogP contribution in [0.5, 0.6) is 0 Å². The van der Waals surface area contributed by atoms with E-state index in [-0.39, 0.29) is 16.8 Å². The minimum Gasteiger partial charge on any atom is -0.308 e. The quantitative estimate of drug-likeness (QED) is 0.567. The van der Waals surface area contributed by atoms with Crippen molar-refractivity contribution in [1.29, 1.82) is 0 Å². The molecule has 0 aliphatic rings. The molecule has 0 saturated heterocycles. The monoisotopic (exact) mass is 327 g/mol. The van der Waals surface area contributed by atoms with E-state index in [0.717, 1.165) is 15.6 Å². The smallest absolute Gasteiger partial charge is 0.241 e. The van der Waals surface area contributed by atoms with Crippen LogP contribution >= 0.6 is 11.3 Å². The van der Waals surface area contributed by atoms with Crippen molar-refractivity contribution in [3.63, 3.8) is 0 Å². The number of aryl methyl sites for hydroxylation is 2. The summed E-state index contributed by atoms with van der Waals surface area (Å²) >= 11 is 1.48. The number of nitrogens with zero attached hydrogens (tertiary/aromatic N) is 2. The van der Waals surface area contributed by atoms with Gasteiger partial charge in [-0.1, -0.05) is 0 Å². The summed E-state index contributed by atoms with van der Waals surface area (Å²) in [4.78, 5) is 9.21. The topological polar surface area (TPSA) is 110 Å². The predicted octanol–water partition coefficient (Wildman–Crippen LogP) is 1.48. The highest BCUT2D eigenvalue weighted by Crippen LogP contribution is 2.26. The molecule has 1 unspecified atom stereocenters. The lowest BCUT2D eigenvalue weighted by atomic mass is 10.2. The van der Waals surface area contributed by atoms with Gasteiger partial charge in [-0.3, -0.25) is 0 Å². The molecule has 0 spiro atoms. The van der Waals surface area contributed by atoms with Gasteiger partial charge in [0.1, 0.15) is 5.82 Å². The molecule has 0 aliphatic heterocycles. The van der Waals surface area contributed by atoms with Crippen molar-refractivity contribution in [3.05, 3.63) is 33.9 Å². The summed E-state index contributed by atoms with van der Waals surface area (Å²) < 4.78 is 27.4. The van der Waals surface area contributed by atoms with Gasteiger partial charge in [-0.05, 0) is 26.8 Å². The van der Waals surface area contributed by atoms with Gasteiger partial charge in [0.25, 0.3) is 0 Å². The van der Waals surface area contributed by atoms with Gasteiger partial charge in [0.2, 0.25) is 10.0 Å². The van der Waals surface area contributed by atoms with Gasteiger partial charge in [-0.2, -0.15) is 0 Å². The van der Waals surface area contributed by atoms with E-state index in [0.29, 0.717) is 0 Å². The number of hydrogen-bond donors (Lipinski definition) is 3. The molecule has 0 aromatic carbocycles. The predicted molar refractivity (Wildman–Crippen MR) is 82.4 cm³/mol. The van der Waals surface area contributed by atoms with E-state index in [1.54, 1.807) is 6.92 Å². The van der Waals surface area contributed by atoms with Crippen LogP contribution in [0.2, 0.25) is 0 Å². The molecule has 0 radical (unpaired) electrons. The van der Waals surface area contributed by atoms with Crippen LogP contribution in [0.3, 0.4) is 0 Å². The fourth-order valence-electron chi connectivity index (χ4n) is 1.96. The summed E-state index contributed by atoms with van der Waals surface area (Å²) in [5.41, 5.74) is 3.17. The molecule has 7 nitrogen and oxygen atoms in total. The molecule has 21 heavy (non-hydrogen) atoms. The summed E-state index contributed by atoms with van der Waals surface area (Å²) in [5, 5.41) is 0.909. The van der Waals surface area contributed by atoms with Crippen molar-refractivity contribution in [2.45, 2.75) is 31.7 Å². The number of aromatic nitrogens is 2. The first-order valence-corrected chi connectivity index (χ1v) is 8.52. The first-order chi connectivity index (χ1) is 9.83. The molecule has 0 aliphatic carbocycles. The molecule has 0 fully saturated rings. The number of thiazole rings is 1. The number of pyridine rings is 1. The number of nitrogens with one attached hydrogen (secondary N) is 2. The number of nitrogen functional groups attached to an aromatic ring is 1. The van der Waals surface area contributed by atoms with Crippen molar-refractivity contribution in [1.82, 2.24) is 14.7 Å². The molecule has 1 atom stereocenters. The van der Waals surface area contributed by atoms with Crippen molar-refractivity contribution >= 4 is 27.2 Å². The fraction of sp³-hybridized carbons (Fsp3) is 0.333. The number of hydrazine groups is 1. The maximum Gasteiger partial charge on any atom is 0.241 e. The Balaban J connectivity index is 2.26. The Hall–Kier alpha value is -1.55. The second-order valence-electron chi connectivity index (χ2n) is 4.55. The molecular weight excluding hydrogens is 310 g/mol. The largest absolute Gasteiger partial charge is 0.308 e. The van der Waals surface area contributed by atoms with E-state index >= 15 is 0 Å². The summed E-state index contributed by atoms with van der Waals surface area (Å²) in [7, 11) is -3.65. The van der Waals surface area contributed by atoms with Crippen LogP contribution < -0.4 is 16.0 Å². The molecule has 2 heterocycles. The van der Waals surface area contributed by atoms with Crippen LogP contribution in [0.4, 0.5) is 5.82 Å². The van der Waals surface area contributed by atoms with E-state index in [2.05, 4.69) is 20.1 Å². The van der Waals surface area contributed by atoms with Crippen LogP contribution in [0.1, 0.15) is 28.5 Å². The van der Waals surface area contributed by atoms with Crippen LogP contribution in [-0.2, 0) is 10.0 Å². The Labute approximate surface area is 127 Å². The molecule has 4 N–H and O–H groups in total. The summed E-state index contributed by atoms with van der Waals surface area (Å²) in [5.74, 6) is 5.53. The van der Waals surface area contributed by atoms with Gasteiger partial charge in [0.15, 0.2) is 0 Å². The fourth-order valence-corrected chi connectivity index (χ4v) is 4.19. The van der Waals surface area contributed by atoms with Crippen molar-refractivity contribution in [2.75, 3.05) is 5.43 Å². The van der Waals surface area contributed by atoms with E-state index in [9.17, 15) is 8.42 Å². The van der Waals surface area contributed by atoms with E-state index in [4.69, 9.17) is 5.84 Å². The lowest BCUT2D eigenvalue weighted by Gasteiger charge is -2.13. The Morgan fingerprint density at radius 2 is 2.10 bits per heavy atom. The first kappa shape index (κ1) is 15.8. The van der Waals surface area contributed by atoms with Crippen molar-refractivity contribution in [2.24, 2.45) is 5.84 Å². The van der Waals surface area contributed by atoms with Crippen LogP contribution in [-0.4, -0.2) is 18.4 Å². The SMILES string of the molecule is Cc1nc(C)c(C(C)NS(=O)(=O)c2ccnc(NN)c2)s1. The zero-order chi connectivity index (χ0) is 15.6. The summed E-state index contributed by atoms with van der Waals surface area (Å²) in [6, 6.07) is 2.43. The molecule has 0 saturated carbocycles. The van der Waals surface area contributed by atoms with Gasteiger partial charge in [0, 0.05) is 17.1 Å². The summed E-state index contributed by atoms with van der Waals surface area (Å²) in [6.45, 7) is 5.55. The molecule has 2 aromatic rings. The Bertz CT molecular complexity index is 742. The van der Waals surface area contributed by atoms with Crippen LogP contribution in [0.15, 0.2) is 23.2 Å². The van der Waals surface area contributed by atoms with Crippen molar-refractivity contribution in [3.8, 4) is 0 Å². The Kier molecular flexibility index (Phi) is 4.57. The third kappa shape index (κ3) is 3.56. The minimum atomic E-state index is -3.65. The zero-order valence-electron chi connectivity index (χ0n) is 11.9. The highest BCUT2D eigenvalue weighted by molar-refractivity contribution is 7.89. The lowest BCUT2D eigenvalue weighted by molar-refractivity contribution is 0.568. The van der Waals surface area contributed by atoms with E-state index in [1.807, 2.05) is 13.8 Å².